The van der Waals surface area contributed by atoms with Gasteiger partial charge in [-0.2, -0.15) is 0 Å². The number of nitrogens with zero attached hydrogens (tertiary/aromatic N) is 2. The molecule has 1 N–H and O–H groups in total. The summed E-state index contributed by atoms with van der Waals surface area (Å²) in [6.07, 6.45) is 0.902. The maximum Gasteiger partial charge on any atom is 0.408 e. The molecule has 0 radical (unpaired) electrons. The zero-order chi connectivity index (χ0) is 19.9. The fraction of sp³-hybridized carbons (Fsp3) is 0.619. The number of carbonyl (C=O) groups excluding carboxylic acids is 2. The molecule has 150 valence electrons. The summed E-state index contributed by atoms with van der Waals surface area (Å²) in [4.78, 5) is 29.2. The molecule has 2 amide bonds. The summed E-state index contributed by atoms with van der Waals surface area (Å²) >= 11 is 0. The van der Waals surface area contributed by atoms with Crippen molar-refractivity contribution in [2.45, 2.75) is 58.7 Å². The van der Waals surface area contributed by atoms with Crippen molar-refractivity contribution < 1.29 is 14.3 Å². The highest BCUT2D eigenvalue weighted by atomic mass is 16.6. The van der Waals surface area contributed by atoms with Gasteiger partial charge in [-0.3, -0.25) is 9.69 Å². The van der Waals surface area contributed by atoms with E-state index in [4.69, 9.17) is 4.74 Å². The van der Waals surface area contributed by atoms with Gasteiger partial charge in [0, 0.05) is 32.7 Å². The van der Waals surface area contributed by atoms with Gasteiger partial charge in [0.25, 0.3) is 0 Å². The zero-order valence-electron chi connectivity index (χ0n) is 17.0. The summed E-state index contributed by atoms with van der Waals surface area (Å²) in [5.74, 6) is -0.0120. The number of amides is 2. The van der Waals surface area contributed by atoms with Crippen molar-refractivity contribution in [3.8, 4) is 0 Å². The first-order chi connectivity index (χ1) is 12.8. The van der Waals surface area contributed by atoms with Crippen LogP contribution in [0.1, 0.15) is 46.1 Å². The van der Waals surface area contributed by atoms with Crippen molar-refractivity contribution in [3.63, 3.8) is 0 Å². The monoisotopic (exact) mass is 375 g/mol. The first-order valence-electron chi connectivity index (χ1n) is 9.83. The third kappa shape index (κ3) is 7.21. The molecule has 27 heavy (non-hydrogen) atoms. The van der Waals surface area contributed by atoms with Gasteiger partial charge >= 0.3 is 6.09 Å². The van der Waals surface area contributed by atoms with E-state index >= 15 is 0 Å². The Bertz CT molecular complexity index is 605. The molecule has 1 aliphatic heterocycles. The molecule has 0 spiro atoms. The average molecular weight is 376 g/mol. The third-order valence-corrected chi connectivity index (χ3v) is 4.50. The second kappa shape index (κ2) is 9.74. The van der Waals surface area contributed by atoms with Crippen LogP contribution in [0.2, 0.25) is 0 Å². The number of carbonyl (C=O) groups is 2. The molecule has 1 saturated heterocycles. The number of rotatable bonds is 6. The minimum atomic E-state index is -0.576. The predicted molar refractivity (Wildman–Crippen MR) is 106 cm³/mol. The average Bonchev–Trinajstić information content (AvgIpc) is 2.61. The van der Waals surface area contributed by atoms with E-state index in [1.807, 2.05) is 50.8 Å². The normalized spacial score (nSPS) is 16.7. The summed E-state index contributed by atoms with van der Waals surface area (Å²) in [6, 6.07) is 9.84. The minimum Gasteiger partial charge on any atom is -0.444 e. The van der Waals surface area contributed by atoms with Crippen LogP contribution in [0.3, 0.4) is 0 Å². The Labute approximate surface area is 162 Å². The Kier molecular flexibility index (Phi) is 7.66. The van der Waals surface area contributed by atoms with Crippen molar-refractivity contribution in [1.82, 2.24) is 15.1 Å². The molecule has 0 aliphatic carbocycles. The predicted octanol–water partition coefficient (Wildman–Crippen LogP) is 3.02. The lowest BCUT2D eigenvalue weighted by Crippen LogP contribution is -2.55. The molecule has 1 aromatic rings. The van der Waals surface area contributed by atoms with Crippen LogP contribution in [0, 0.1) is 0 Å². The van der Waals surface area contributed by atoms with Gasteiger partial charge < -0.3 is 15.0 Å². The van der Waals surface area contributed by atoms with Gasteiger partial charge in [0.15, 0.2) is 0 Å². The van der Waals surface area contributed by atoms with Gasteiger partial charge in [-0.05, 0) is 32.8 Å². The summed E-state index contributed by atoms with van der Waals surface area (Å²) < 4.78 is 5.31. The zero-order valence-corrected chi connectivity index (χ0v) is 17.0. The molecule has 6 nitrogen and oxygen atoms in total. The Morgan fingerprint density at radius 2 is 1.74 bits per heavy atom. The molecule has 1 atom stereocenters. The number of alkyl carbamates (subject to hydrolysis) is 1. The van der Waals surface area contributed by atoms with E-state index in [-0.39, 0.29) is 5.91 Å². The molecule has 2 rings (SSSR count). The van der Waals surface area contributed by atoms with Crippen LogP contribution in [0.5, 0.6) is 0 Å². The van der Waals surface area contributed by atoms with Gasteiger partial charge in [-0.25, -0.2) is 4.79 Å². The molecule has 1 unspecified atom stereocenters. The largest absolute Gasteiger partial charge is 0.444 e. The maximum absolute atomic E-state index is 12.9. The van der Waals surface area contributed by atoms with Gasteiger partial charge in [-0.15, -0.1) is 0 Å². The van der Waals surface area contributed by atoms with Gasteiger partial charge in [-0.1, -0.05) is 43.7 Å². The highest BCUT2D eigenvalue weighted by molar-refractivity contribution is 5.85. The molecule has 0 saturated carbocycles. The quantitative estimate of drug-likeness (QED) is 0.830. The van der Waals surface area contributed by atoms with Crippen molar-refractivity contribution in [2.75, 3.05) is 26.2 Å². The lowest BCUT2D eigenvalue weighted by molar-refractivity contribution is -0.135. The van der Waals surface area contributed by atoms with Crippen molar-refractivity contribution in [2.24, 2.45) is 0 Å². The number of benzene rings is 1. The molecule has 1 fully saturated rings. The Morgan fingerprint density at radius 3 is 2.30 bits per heavy atom. The molecule has 1 aliphatic rings. The standard InChI is InChI=1S/C21H33N3O3/c1-5-9-18(22-20(26)27-21(2,3)4)19(25)24-14-12-23(13-15-24)16-17-10-7-6-8-11-17/h6-8,10-11,18H,5,9,12-16H2,1-4H3,(H,22,26). The van der Waals surface area contributed by atoms with E-state index in [1.54, 1.807) is 0 Å². The van der Waals surface area contributed by atoms with Gasteiger partial charge in [0.1, 0.15) is 11.6 Å². The Morgan fingerprint density at radius 1 is 1.11 bits per heavy atom. The van der Waals surface area contributed by atoms with E-state index in [9.17, 15) is 9.59 Å². The van der Waals surface area contributed by atoms with Crippen LogP contribution in [-0.2, 0) is 16.1 Å². The first-order valence-corrected chi connectivity index (χ1v) is 9.83. The number of piperazine rings is 1. The molecule has 0 bridgehead atoms. The molecule has 0 aromatic heterocycles. The molecular formula is C21H33N3O3. The summed E-state index contributed by atoms with van der Waals surface area (Å²) in [5.41, 5.74) is 0.709. The molecule has 1 heterocycles. The van der Waals surface area contributed by atoms with Gasteiger partial charge in [0.2, 0.25) is 5.91 Å². The minimum absolute atomic E-state index is 0.0120. The van der Waals surface area contributed by atoms with Crippen LogP contribution in [-0.4, -0.2) is 59.6 Å². The number of nitrogens with one attached hydrogen (secondary N) is 1. The van der Waals surface area contributed by atoms with Crippen LogP contribution in [0.4, 0.5) is 4.79 Å². The van der Waals surface area contributed by atoms with E-state index in [0.717, 1.165) is 26.1 Å². The van der Waals surface area contributed by atoms with Gasteiger partial charge in [0.05, 0.1) is 0 Å². The maximum atomic E-state index is 12.9. The van der Waals surface area contributed by atoms with Crippen LogP contribution >= 0.6 is 0 Å². The highest BCUT2D eigenvalue weighted by Gasteiger charge is 2.29. The van der Waals surface area contributed by atoms with Crippen molar-refractivity contribution in [3.05, 3.63) is 35.9 Å². The fourth-order valence-electron chi connectivity index (χ4n) is 3.18. The Balaban J connectivity index is 1.86. The molecule has 1 aromatic carbocycles. The molecular weight excluding hydrogens is 342 g/mol. The van der Waals surface area contributed by atoms with Crippen LogP contribution < -0.4 is 5.32 Å². The Hall–Kier alpha value is -2.08. The molecule has 6 heteroatoms. The lowest BCUT2D eigenvalue weighted by Gasteiger charge is -2.36. The van der Waals surface area contributed by atoms with Crippen molar-refractivity contribution >= 4 is 12.0 Å². The second-order valence-corrected chi connectivity index (χ2v) is 8.07. The third-order valence-electron chi connectivity index (χ3n) is 4.50. The fourth-order valence-corrected chi connectivity index (χ4v) is 3.18. The lowest BCUT2D eigenvalue weighted by atomic mass is 10.1. The first kappa shape index (κ1) is 21.2. The number of ether oxygens (including phenoxy) is 1. The highest BCUT2D eigenvalue weighted by Crippen LogP contribution is 2.12. The second-order valence-electron chi connectivity index (χ2n) is 8.07. The van der Waals surface area contributed by atoms with Crippen LogP contribution in [0.25, 0.3) is 0 Å². The topological polar surface area (TPSA) is 61.9 Å². The van der Waals surface area contributed by atoms with E-state index in [1.165, 1.54) is 5.56 Å². The SMILES string of the molecule is CCCC(NC(=O)OC(C)(C)C)C(=O)N1CCN(Cc2ccccc2)CC1. The van der Waals surface area contributed by atoms with E-state index < -0.39 is 17.7 Å². The summed E-state index contributed by atoms with van der Waals surface area (Å²) in [5, 5.41) is 2.76. The van der Waals surface area contributed by atoms with E-state index in [2.05, 4.69) is 22.3 Å². The van der Waals surface area contributed by atoms with Crippen LogP contribution in [0.15, 0.2) is 30.3 Å². The van der Waals surface area contributed by atoms with E-state index in [0.29, 0.717) is 19.5 Å². The summed E-state index contributed by atoms with van der Waals surface area (Å²) in [7, 11) is 0. The smallest absolute Gasteiger partial charge is 0.408 e. The van der Waals surface area contributed by atoms with Crippen molar-refractivity contribution in [1.29, 1.82) is 0 Å². The number of hydrogen-bond acceptors (Lipinski definition) is 4. The number of hydrogen-bond donors (Lipinski definition) is 1. The summed E-state index contributed by atoms with van der Waals surface area (Å²) in [6.45, 7) is 11.4.